The zero-order valence-corrected chi connectivity index (χ0v) is 15.7. The van der Waals surface area contributed by atoms with Gasteiger partial charge in [-0.2, -0.15) is 0 Å². The van der Waals surface area contributed by atoms with Crippen LogP contribution in [0, 0.1) is 0 Å². The summed E-state index contributed by atoms with van der Waals surface area (Å²) in [6, 6.07) is 5.07. The van der Waals surface area contributed by atoms with Crippen molar-refractivity contribution in [3.05, 3.63) is 22.7 Å². The normalized spacial score (nSPS) is 14.2. The number of hydrogen-bond donors (Lipinski definition) is 1. The Morgan fingerprint density at radius 3 is 2.35 bits per heavy atom. The first kappa shape index (κ1) is 17.5. The van der Waals surface area contributed by atoms with Crippen LogP contribution in [0.2, 0.25) is 18.1 Å². The summed E-state index contributed by atoms with van der Waals surface area (Å²) >= 11 is 3.34. The largest absolute Gasteiger partial charge is 0.508 e. The van der Waals surface area contributed by atoms with Crippen LogP contribution in [0.1, 0.15) is 27.7 Å². The fraction of sp³-hybridized carbons (Fsp3) is 0.600. The van der Waals surface area contributed by atoms with E-state index < -0.39 is 8.32 Å². The molecule has 0 aliphatic rings. The van der Waals surface area contributed by atoms with Crippen molar-refractivity contribution in [1.29, 1.82) is 0 Å². The molecule has 0 amide bonds. The van der Waals surface area contributed by atoms with Crippen molar-refractivity contribution in [3.63, 3.8) is 0 Å². The van der Waals surface area contributed by atoms with Gasteiger partial charge in [0.2, 0.25) is 0 Å². The van der Waals surface area contributed by atoms with Crippen LogP contribution >= 0.6 is 15.9 Å². The summed E-state index contributed by atoms with van der Waals surface area (Å²) in [6.07, 6.45) is -0.0576. The maximum atomic E-state index is 9.54. The monoisotopic (exact) mass is 360 g/mol. The molecule has 5 heteroatoms. The summed E-state index contributed by atoms with van der Waals surface area (Å²) in [6.45, 7) is 13.6. The SMILES string of the molecule is C[C@@H](CO[Si](C)(C)C(C)(C)C)Oc1cc(O)cc(Br)c1. The highest BCUT2D eigenvalue weighted by molar-refractivity contribution is 9.10. The number of hydrogen-bond acceptors (Lipinski definition) is 3. The van der Waals surface area contributed by atoms with Crippen molar-refractivity contribution in [2.24, 2.45) is 0 Å². The van der Waals surface area contributed by atoms with Gasteiger partial charge in [-0.05, 0) is 37.2 Å². The number of phenolic OH excluding ortho intramolecular Hbond substituents is 1. The number of halogens is 1. The third kappa shape index (κ3) is 5.11. The lowest BCUT2D eigenvalue weighted by atomic mass is 10.2. The Bertz CT molecular complexity index is 435. The third-order valence-corrected chi connectivity index (χ3v) is 8.64. The Balaban J connectivity index is 2.58. The minimum Gasteiger partial charge on any atom is -0.508 e. The van der Waals surface area contributed by atoms with Crippen molar-refractivity contribution >= 4 is 24.2 Å². The standard InChI is InChI=1S/C15H25BrO3Si/c1-11(10-18-20(5,6)15(2,3)4)19-14-8-12(16)7-13(17)9-14/h7-9,11,17H,10H2,1-6H3/t11-/m0/s1. The molecule has 1 aromatic rings. The first-order valence-corrected chi connectivity index (χ1v) is 10.5. The van der Waals surface area contributed by atoms with Crippen molar-refractivity contribution in [2.45, 2.75) is 51.9 Å². The molecule has 0 fully saturated rings. The second kappa shape index (κ2) is 6.50. The van der Waals surface area contributed by atoms with E-state index in [0.717, 1.165) is 4.47 Å². The van der Waals surface area contributed by atoms with E-state index in [4.69, 9.17) is 9.16 Å². The van der Waals surface area contributed by atoms with Gasteiger partial charge in [-0.25, -0.2) is 0 Å². The van der Waals surface area contributed by atoms with Crippen LogP contribution in [0.15, 0.2) is 22.7 Å². The molecule has 0 spiro atoms. The van der Waals surface area contributed by atoms with Gasteiger partial charge in [0.1, 0.15) is 17.6 Å². The number of aromatic hydroxyl groups is 1. The topological polar surface area (TPSA) is 38.7 Å². The minimum absolute atomic E-state index is 0.0576. The summed E-state index contributed by atoms with van der Waals surface area (Å²) in [5, 5.41) is 9.73. The summed E-state index contributed by atoms with van der Waals surface area (Å²) < 4.78 is 12.7. The molecule has 1 N–H and O–H groups in total. The maximum Gasteiger partial charge on any atom is 0.192 e. The predicted octanol–water partition coefficient (Wildman–Crippen LogP) is 4.94. The smallest absolute Gasteiger partial charge is 0.192 e. The first-order valence-electron chi connectivity index (χ1n) is 6.81. The Morgan fingerprint density at radius 2 is 1.85 bits per heavy atom. The lowest BCUT2D eigenvalue weighted by molar-refractivity contribution is 0.133. The number of rotatable bonds is 5. The molecule has 1 rings (SSSR count). The van der Waals surface area contributed by atoms with E-state index in [1.165, 1.54) is 0 Å². The molecule has 114 valence electrons. The molecule has 0 radical (unpaired) electrons. The van der Waals surface area contributed by atoms with Crippen LogP contribution in [0.5, 0.6) is 11.5 Å². The Labute approximate surface area is 131 Å². The fourth-order valence-corrected chi connectivity index (χ4v) is 2.97. The lowest BCUT2D eigenvalue weighted by Crippen LogP contribution is -2.43. The fourth-order valence-electron chi connectivity index (χ4n) is 1.42. The second-order valence-corrected chi connectivity index (χ2v) is 12.4. The van der Waals surface area contributed by atoms with E-state index in [2.05, 4.69) is 49.8 Å². The molecule has 3 nitrogen and oxygen atoms in total. The zero-order valence-electron chi connectivity index (χ0n) is 13.2. The predicted molar refractivity (Wildman–Crippen MR) is 89.0 cm³/mol. The molecule has 20 heavy (non-hydrogen) atoms. The maximum absolute atomic E-state index is 9.54. The van der Waals surface area contributed by atoms with Gasteiger partial charge in [-0.15, -0.1) is 0 Å². The molecule has 0 aliphatic heterocycles. The molecule has 0 aromatic heterocycles. The first-order chi connectivity index (χ1) is 9.01. The third-order valence-electron chi connectivity index (χ3n) is 3.68. The quantitative estimate of drug-likeness (QED) is 0.755. The molecule has 1 aromatic carbocycles. The van der Waals surface area contributed by atoms with Crippen molar-refractivity contribution in [1.82, 2.24) is 0 Å². The average molecular weight is 361 g/mol. The van der Waals surface area contributed by atoms with Crippen molar-refractivity contribution in [2.75, 3.05) is 6.61 Å². The van der Waals surface area contributed by atoms with Gasteiger partial charge in [0.25, 0.3) is 0 Å². The highest BCUT2D eigenvalue weighted by Crippen LogP contribution is 2.36. The van der Waals surface area contributed by atoms with E-state index >= 15 is 0 Å². The Hall–Kier alpha value is -0.523. The number of benzene rings is 1. The van der Waals surface area contributed by atoms with Gasteiger partial charge in [0.15, 0.2) is 8.32 Å². The van der Waals surface area contributed by atoms with Gasteiger partial charge < -0.3 is 14.3 Å². The highest BCUT2D eigenvalue weighted by atomic mass is 79.9. The summed E-state index contributed by atoms with van der Waals surface area (Å²) in [5.41, 5.74) is 0. The lowest BCUT2D eigenvalue weighted by Gasteiger charge is -2.36. The molecule has 0 bridgehead atoms. The Morgan fingerprint density at radius 1 is 1.25 bits per heavy atom. The van der Waals surface area contributed by atoms with E-state index in [1.807, 2.05) is 13.0 Å². The van der Waals surface area contributed by atoms with Gasteiger partial charge in [-0.3, -0.25) is 0 Å². The molecular weight excluding hydrogens is 336 g/mol. The van der Waals surface area contributed by atoms with Crippen LogP contribution < -0.4 is 4.74 Å². The summed E-state index contributed by atoms with van der Waals surface area (Å²) in [4.78, 5) is 0. The summed E-state index contributed by atoms with van der Waals surface area (Å²) in [7, 11) is -1.75. The van der Waals surface area contributed by atoms with Crippen LogP contribution in [-0.4, -0.2) is 26.1 Å². The van der Waals surface area contributed by atoms with Crippen LogP contribution in [-0.2, 0) is 4.43 Å². The van der Waals surface area contributed by atoms with Gasteiger partial charge in [-0.1, -0.05) is 36.7 Å². The summed E-state index contributed by atoms with van der Waals surface area (Å²) in [5.74, 6) is 0.829. The highest BCUT2D eigenvalue weighted by Gasteiger charge is 2.37. The molecule has 0 heterocycles. The molecule has 0 saturated heterocycles. The average Bonchev–Trinajstić information content (AvgIpc) is 2.23. The van der Waals surface area contributed by atoms with E-state index in [9.17, 15) is 5.11 Å². The number of phenols is 1. The van der Waals surface area contributed by atoms with Gasteiger partial charge in [0, 0.05) is 10.5 Å². The molecule has 0 saturated carbocycles. The molecule has 0 aliphatic carbocycles. The zero-order chi connectivity index (χ0) is 15.6. The van der Waals surface area contributed by atoms with Crippen LogP contribution in [0.4, 0.5) is 0 Å². The van der Waals surface area contributed by atoms with Crippen LogP contribution in [0.3, 0.4) is 0 Å². The van der Waals surface area contributed by atoms with Gasteiger partial charge in [0.05, 0.1) is 6.61 Å². The van der Waals surface area contributed by atoms with Crippen LogP contribution in [0.25, 0.3) is 0 Å². The van der Waals surface area contributed by atoms with Crippen molar-refractivity contribution in [3.8, 4) is 11.5 Å². The van der Waals surface area contributed by atoms with E-state index in [-0.39, 0.29) is 16.9 Å². The van der Waals surface area contributed by atoms with E-state index in [1.54, 1.807) is 12.1 Å². The minimum atomic E-state index is -1.75. The van der Waals surface area contributed by atoms with Gasteiger partial charge >= 0.3 is 0 Å². The molecule has 1 atom stereocenters. The molecular formula is C15H25BrO3Si. The van der Waals surface area contributed by atoms with E-state index in [0.29, 0.717) is 12.4 Å². The Kier molecular flexibility index (Phi) is 5.69. The van der Waals surface area contributed by atoms with Crippen molar-refractivity contribution < 1.29 is 14.3 Å². The second-order valence-electron chi connectivity index (χ2n) is 6.64. The number of ether oxygens (including phenoxy) is 1. The molecule has 0 unspecified atom stereocenters.